The Kier molecular flexibility index (Phi) is 5.20. The van der Waals surface area contributed by atoms with E-state index in [2.05, 4.69) is 14.9 Å². The first kappa shape index (κ1) is 20.0. The van der Waals surface area contributed by atoms with Crippen LogP contribution in [0.15, 0.2) is 47.5 Å². The van der Waals surface area contributed by atoms with Gasteiger partial charge in [-0.3, -0.25) is 9.56 Å². The molecule has 0 amide bonds. The van der Waals surface area contributed by atoms with Crippen molar-refractivity contribution in [1.29, 1.82) is 0 Å². The summed E-state index contributed by atoms with van der Waals surface area (Å²) < 4.78 is 27.8. The van der Waals surface area contributed by atoms with E-state index in [9.17, 15) is 8.42 Å². The number of benzene rings is 2. The van der Waals surface area contributed by atoms with Crippen molar-refractivity contribution < 1.29 is 8.42 Å². The highest BCUT2D eigenvalue weighted by Gasteiger charge is 2.27. The van der Waals surface area contributed by atoms with Crippen molar-refractivity contribution in [1.82, 2.24) is 19.5 Å². The highest BCUT2D eigenvalue weighted by Crippen LogP contribution is 2.31. The number of fused-ring (bicyclic) bond motifs is 3. The highest BCUT2D eigenvalue weighted by atomic mass is 35.5. The molecule has 2 aromatic carbocycles. The zero-order valence-electron chi connectivity index (χ0n) is 15.6. The second-order valence-corrected chi connectivity index (χ2v) is 9.35. The highest BCUT2D eigenvalue weighted by molar-refractivity contribution is 7.88. The quantitative estimate of drug-likeness (QED) is 0.659. The molecule has 0 radical (unpaired) electrons. The average Bonchev–Trinajstić information content (AvgIpc) is 2.99. The Hall–Kier alpha value is -2.26. The van der Waals surface area contributed by atoms with E-state index >= 15 is 0 Å². The van der Waals surface area contributed by atoms with Gasteiger partial charge in [0.2, 0.25) is 10.0 Å². The molecule has 0 saturated carbocycles. The van der Waals surface area contributed by atoms with E-state index in [1.165, 1.54) is 0 Å². The summed E-state index contributed by atoms with van der Waals surface area (Å²) in [7, 11) is -3.43. The molecule has 1 aliphatic heterocycles. The smallest absolute Gasteiger partial charge is 0.209 e. The van der Waals surface area contributed by atoms with Crippen molar-refractivity contribution in [3.8, 4) is 5.69 Å². The Bertz CT molecular complexity index is 1240. The summed E-state index contributed by atoms with van der Waals surface area (Å²) in [4.78, 5) is 4.74. The lowest BCUT2D eigenvalue weighted by Gasteiger charge is -2.17. The molecule has 7 nitrogen and oxygen atoms in total. The fourth-order valence-electron chi connectivity index (χ4n) is 3.36. The number of halogens is 2. The third-order valence-electron chi connectivity index (χ3n) is 4.50. The van der Waals surface area contributed by atoms with Gasteiger partial charge in [-0.1, -0.05) is 41.4 Å². The molecular formula is C19H17Cl2N5O2S. The van der Waals surface area contributed by atoms with Crippen molar-refractivity contribution >= 4 is 38.9 Å². The lowest BCUT2D eigenvalue weighted by molar-refractivity contribution is 0.562. The molecule has 3 aromatic rings. The summed E-state index contributed by atoms with van der Waals surface area (Å²) in [6, 6.07) is 12.3. The van der Waals surface area contributed by atoms with Crippen LogP contribution in [-0.4, -0.2) is 35.1 Å². The van der Waals surface area contributed by atoms with E-state index in [1.807, 2.05) is 34.9 Å². The SMILES string of the molecule is C[C@@H](NS(C)(=O)=O)c1nnc2n1-c1ccc(Cl)cc1C(c1ccccc1Cl)=NC2. The fraction of sp³-hybridized carbons (Fsp3) is 0.211. The maximum absolute atomic E-state index is 11.7. The standard InChI is InChI=1S/C19H17Cl2N5O2S/c1-11(25-29(2,27)28)19-24-23-17-10-22-18(13-5-3-4-6-15(13)21)14-9-12(20)7-8-16(14)26(17)19/h3-9,11,25H,10H2,1-2H3/t11-/m1/s1. The predicted octanol–water partition coefficient (Wildman–Crippen LogP) is 3.54. The second-order valence-electron chi connectivity index (χ2n) is 6.73. The van der Waals surface area contributed by atoms with Crippen molar-refractivity contribution in [3.63, 3.8) is 0 Å². The first-order chi connectivity index (χ1) is 13.7. The molecule has 1 atom stereocenters. The summed E-state index contributed by atoms with van der Waals surface area (Å²) in [5.41, 5.74) is 2.98. The molecule has 0 fully saturated rings. The molecule has 0 saturated heterocycles. The monoisotopic (exact) mass is 449 g/mol. The molecule has 1 aliphatic rings. The lowest BCUT2D eigenvalue weighted by Crippen LogP contribution is -2.27. The minimum atomic E-state index is -3.43. The van der Waals surface area contributed by atoms with Gasteiger partial charge in [0.1, 0.15) is 6.54 Å². The molecule has 29 heavy (non-hydrogen) atoms. The molecular weight excluding hydrogens is 433 g/mol. The molecule has 150 valence electrons. The van der Waals surface area contributed by atoms with Crippen LogP contribution in [0, 0.1) is 0 Å². The van der Waals surface area contributed by atoms with Crippen molar-refractivity contribution in [2.75, 3.05) is 6.26 Å². The molecule has 4 rings (SSSR count). The van der Waals surface area contributed by atoms with Crippen LogP contribution in [0.3, 0.4) is 0 Å². The van der Waals surface area contributed by atoms with Crippen LogP contribution in [0.5, 0.6) is 0 Å². The molecule has 0 unspecified atom stereocenters. The number of nitrogens with zero attached hydrogens (tertiary/aromatic N) is 4. The van der Waals surface area contributed by atoms with Crippen LogP contribution >= 0.6 is 23.2 Å². The van der Waals surface area contributed by atoms with Gasteiger partial charge in [-0.15, -0.1) is 10.2 Å². The second kappa shape index (κ2) is 7.53. The Morgan fingerprint density at radius 3 is 2.59 bits per heavy atom. The van der Waals surface area contributed by atoms with E-state index in [0.717, 1.165) is 23.1 Å². The van der Waals surface area contributed by atoms with Gasteiger partial charge in [0.05, 0.1) is 23.7 Å². The van der Waals surface area contributed by atoms with Crippen LogP contribution in [0.2, 0.25) is 10.0 Å². The number of rotatable bonds is 4. The van der Waals surface area contributed by atoms with Gasteiger partial charge in [0.15, 0.2) is 11.6 Å². The van der Waals surface area contributed by atoms with E-state index in [4.69, 9.17) is 28.2 Å². The summed E-state index contributed by atoms with van der Waals surface area (Å²) in [6.07, 6.45) is 1.11. The van der Waals surface area contributed by atoms with E-state index < -0.39 is 16.1 Å². The van der Waals surface area contributed by atoms with E-state index in [-0.39, 0.29) is 6.54 Å². The topological polar surface area (TPSA) is 89.2 Å². The minimum Gasteiger partial charge on any atom is -0.279 e. The Morgan fingerprint density at radius 1 is 1.10 bits per heavy atom. The number of aromatic nitrogens is 3. The number of nitrogens with one attached hydrogen (secondary N) is 1. The first-order valence-electron chi connectivity index (χ1n) is 8.76. The number of aliphatic imine (C=N–C) groups is 1. The summed E-state index contributed by atoms with van der Waals surface area (Å²) in [5.74, 6) is 1.05. The molecule has 10 heteroatoms. The van der Waals surface area contributed by atoms with Gasteiger partial charge in [0.25, 0.3) is 0 Å². The van der Waals surface area contributed by atoms with E-state index in [1.54, 1.807) is 19.1 Å². The number of hydrogen-bond donors (Lipinski definition) is 1. The van der Waals surface area contributed by atoms with Crippen LogP contribution in [0.25, 0.3) is 5.69 Å². The zero-order valence-corrected chi connectivity index (χ0v) is 17.9. The maximum Gasteiger partial charge on any atom is 0.209 e. The third kappa shape index (κ3) is 3.93. The van der Waals surface area contributed by atoms with Gasteiger partial charge in [-0.05, 0) is 31.2 Å². The summed E-state index contributed by atoms with van der Waals surface area (Å²) in [6.45, 7) is 1.97. The van der Waals surface area contributed by atoms with Crippen molar-refractivity contribution in [2.45, 2.75) is 19.5 Å². The molecule has 1 aromatic heterocycles. The van der Waals surface area contributed by atoms with Gasteiger partial charge >= 0.3 is 0 Å². The molecule has 0 aliphatic carbocycles. The predicted molar refractivity (Wildman–Crippen MR) is 114 cm³/mol. The van der Waals surface area contributed by atoms with Crippen LogP contribution in [0.1, 0.15) is 35.7 Å². The normalized spacial score (nSPS) is 14.6. The first-order valence-corrected chi connectivity index (χ1v) is 11.4. The minimum absolute atomic E-state index is 0.255. The summed E-state index contributed by atoms with van der Waals surface area (Å²) in [5, 5.41) is 9.58. The lowest BCUT2D eigenvalue weighted by atomic mass is 10.0. The van der Waals surface area contributed by atoms with Crippen LogP contribution < -0.4 is 4.72 Å². The number of hydrogen-bond acceptors (Lipinski definition) is 5. The van der Waals surface area contributed by atoms with Crippen molar-refractivity contribution in [2.24, 2.45) is 4.99 Å². The maximum atomic E-state index is 11.7. The van der Waals surface area contributed by atoms with Gasteiger partial charge in [-0.2, -0.15) is 0 Å². The summed E-state index contributed by atoms with van der Waals surface area (Å²) >= 11 is 12.7. The third-order valence-corrected chi connectivity index (χ3v) is 5.84. The average molecular weight is 450 g/mol. The Labute approximate surface area is 178 Å². The molecule has 0 bridgehead atoms. The molecule has 2 heterocycles. The van der Waals surface area contributed by atoms with Crippen LogP contribution in [-0.2, 0) is 16.6 Å². The Morgan fingerprint density at radius 2 is 1.86 bits per heavy atom. The van der Waals surface area contributed by atoms with Crippen LogP contribution in [0.4, 0.5) is 0 Å². The fourth-order valence-corrected chi connectivity index (χ4v) is 4.51. The van der Waals surface area contributed by atoms with Gasteiger partial charge in [-0.25, -0.2) is 13.1 Å². The Balaban J connectivity index is 1.92. The molecule has 1 N–H and O–H groups in total. The van der Waals surface area contributed by atoms with E-state index in [0.29, 0.717) is 27.4 Å². The van der Waals surface area contributed by atoms with Gasteiger partial charge in [0, 0.05) is 21.2 Å². The largest absolute Gasteiger partial charge is 0.279 e. The zero-order chi connectivity index (χ0) is 20.8. The molecule has 0 spiro atoms. The number of sulfonamides is 1. The van der Waals surface area contributed by atoms with Gasteiger partial charge < -0.3 is 0 Å². The van der Waals surface area contributed by atoms with Crippen molar-refractivity contribution in [3.05, 3.63) is 75.3 Å².